The fraction of sp³-hybridized carbons (Fsp3) is 0.259. The van der Waals surface area contributed by atoms with Crippen molar-refractivity contribution in [2.45, 2.75) is 49.4 Å². The Kier molecular flexibility index (Phi) is 6.11. The van der Waals surface area contributed by atoms with Gasteiger partial charge in [-0.05, 0) is 53.8 Å². The van der Waals surface area contributed by atoms with E-state index >= 15 is 0 Å². The molecule has 0 unspecified atom stereocenters. The van der Waals surface area contributed by atoms with Crippen LogP contribution in [0.15, 0.2) is 76.5 Å². The van der Waals surface area contributed by atoms with Gasteiger partial charge in [-0.15, -0.1) is 0 Å². The lowest BCUT2D eigenvalue weighted by Gasteiger charge is -2.21. The van der Waals surface area contributed by atoms with E-state index in [0.29, 0.717) is 24.2 Å². The van der Waals surface area contributed by atoms with Crippen molar-refractivity contribution < 1.29 is 9.59 Å². The Labute approximate surface area is 194 Å². The van der Waals surface area contributed by atoms with E-state index in [9.17, 15) is 9.59 Å². The van der Waals surface area contributed by atoms with Crippen molar-refractivity contribution in [3.63, 3.8) is 0 Å². The zero-order valence-electron chi connectivity index (χ0n) is 18.9. The average Bonchev–Trinajstić information content (AvgIpc) is 2.90. The van der Waals surface area contributed by atoms with Crippen LogP contribution in [0.25, 0.3) is 0 Å². The highest BCUT2D eigenvalue weighted by Gasteiger charge is 2.27. The Hall–Kier alpha value is -3.05. The SMILES string of the molecule is CCN1C(=O)c2ccccc2Sc2ccc(C(=O)NCc3ccc(C(C)(C)C)cc3)cc21. The van der Waals surface area contributed by atoms with Crippen LogP contribution < -0.4 is 10.2 Å². The van der Waals surface area contributed by atoms with Gasteiger partial charge in [0.05, 0.1) is 11.3 Å². The summed E-state index contributed by atoms with van der Waals surface area (Å²) in [4.78, 5) is 29.7. The number of hydrogen-bond acceptors (Lipinski definition) is 3. The van der Waals surface area contributed by atoms with Crippen LogP contribution in [0, 0.1) is 0 Å². The first kappa shape index (κ1) is 22.2. The minimum atomic E-state index is -0.150. The van der Waals surface area contributed by atoms with Gasteiger partial charge in [-0.25, -0.2) is 0 Å². The lowest BCUT2D eigenvalue weighted by Crippen LogP contribution is -2.31. The smallest absolute Gasteiger partial charge is 0.259 e. The summed E-state index contributed by atoms with van der Waals surface area (Å²) in [5, 5.41) is 3.01. The first-order valence-electron chi connectivity index (χ1n) is 10.9. The number of amides is 2. The topological polar surface area (TPSA) is 49.4 Å². The third-order valence-corrected chi connectivity index (χ3v) is 6.82. The van der Waals surface area contributed by atoms with E-state index in [2.05, 4.69) is 50.4 Å². The Morgan fingerprint density at radius 3 is 2.38 bits per heavy atom. The predicted molar refractivity (Wildman–Crippen MR) is 131 cm³/mol. The summed E-state index contributed by atoms with van der Waals surface area (Å²) in [5.74, 6) is -0.186. The highest BCUT2D eigenvalue weighted by atomic mass is 32.2. The fourth-order valence-corrected chi connectivity index (χ4v) is 4.84. The largest absolute Gasteiger partial charge is 0.348 e. The number of carbonyl (C=O) groups excluding carboxylic acids is 2. The molecule has 0 fully saturated rings. The second-order valence-electron chi connectivity index (χ2n) is 8.96. The first-order chi connectivity index (χ1) is 15.3. The van der Waals surface area contributed by atoms with Crippen LogP contribution in [0.3, 0.4) is 0 Å². The zero-order valence-corrected chi connectivity index (χ0v) is 19.8. The molecule has 164 valence electrons. The first-order valence-corrected chi connectivity index (χ1v) is 11.7. The zero-order chi connectivity index (χ0) is 22.9. The van der Waals surface area contributed by atoms with Crippen molar-refractivity contribution in [1.82, 2.24) is 5.32 Å². The Balaban J connectivity index is 1.54. The lowest BCUT2D eigenvalue weighted by atomic mass is 9.87. The number of fused-ring (bicyclic) bond motifs is 2. The van der Waals surface area contributed by atoms with Gasteiger partial charge >= 0.3 is 0 Å². The molecule has 0 aliphatic carbocycles. The van der Waals surface area contributed by atoms with E-state index in [4.69, 9.17) is 0 Å². The number of rotatable bonds is 4. The van der Waals surface area contributed by atoms with E-state index in [-0.39, 0.29) is 17.2 Å². The third-order valence-electron chi connectivity index (χ3n) is 5.68. The van der Waals surface area contributed by atoms with Crippen molar-refractivity contribution in [2.75, 3.05) is 11.4 Å². The summed E-state index contributed by atoms with van der Waals surface area (Å²) in [7, 11) is 0. The highest BCUT2D eigenvalue weighted by molar-refractivity contribution is 7.99. The molecule has 3 aromatic carbocycles. The molecule has 0 bridgehead atoms. The summed E-state index contributed by atoms with van der Waals surface area (Å²) < 4.78 is 0. The molecule has 3 aromatic rings. The Morgan fingerprint density at radius 2 is 1.69 bits per heavy atom. The summed E-state index contributed by atoms with van der Waals surface area (Å²) in [6.07, 6.45) is 0. The predicted octanol–water partition coefficient (Wildman–Crippen LogP) is 6.05. The van der Waals surface area contributed by atoms with Crippen LogP contribution >= 0.6 is 11.8 Å². The number of nitrogens with one attached hydrogen (secondary N) is 1. The summed E-state index contributed by atoms with van der Waals surface area (Å²) in [5.41, 5.74) is 4.44. The van der Waals surface area contributed by atoms with Crippen LogP contribution in [0.1, 0.15) is 59.5 Å². The minimum Gasteiger partial charge on any atom is -0.348 e. The lowest BCUT2D eigenvalue weighted by molar-refractivity contribution is 0.0947. The quantitative estimate of drug-likeness (QED) is 0.533. The maximum Gasteiger partial charge on any atom is 0.259 e. The van der Waals surface area contributed by atoms with Crippen molar-refractivity contribution in [3.8, 4) is 0 Å². The summed E-state index contributed by atoms with van der Waals surface area (Å²) in [6, 6.07) is 21.6. The van der Waals surface area contributed by atoms with Gasteiger partial charge in [-0.3, -0.25) is 9.59 Å². The number of nitrogens with zero attached hydrogens (tertiary/aromatic N) is 1. The Bertz CT molecular complexity index is 1160. The third kappa shape index (κ3) is 4.44. The van der Waals surface area contributed by atoms with Crippen molar-refractivity contribution in [1.29, 1.82) is 0 Å². The molecule has 1 aliphatic rings. The van der Waals surface area contributed by atoms with E-state index in [1.165, 1.54) is 5.56 Å². The van der Waals surface area contributed by atoms with E-state index in [1.807, 2.05) is 49.4 Å². The molecular formula is C27H28N2O2S. The van der Waals surface area contributed by atoms with Crippen molar-refractivity contribution in [3.05, 3.63) is 89.0 Å². The molecular weight excluding hydrogens is 416 g/mol. The van der Waals surface area contributed by atoms with Gasteiger partial charge in [0.25, 0.3) is 11.8 Å². The summed E-state index contributed by atoms with van der Waals surface area (Å²) >= 11 is 1.57. The van der Waals surface area contributed by atoms with Crippen LogP contribution in [-0.2, 0) is 12.0 Å². The maximum absolute atomic E-state index is 13.1. The maximum atomic E-state index is 13.1. The monoisotopic (exact) mass is 444 g/mol. The van der Waals surface area contributed by atoms with Gasteiger partial charge in [-0.1, -0.05) is 68.9 Å². The number of benzene rings is 3. The average molecular weight is 445 g/mol. The molecule has 0 aromatic heterocycles. The number of hydrogen-bond donors (Lipinski definition) is 1. The van der Waals surface area contributed by atoms with Gasteiger partial charge in [0, 0.05) is 28.4 Å². The van der Waals surface area contributed by atoms with Crippen LogP contribution in [-0.4, -0.2) is 18.4 Å². The van der Waals surface area contributed by atoms with Gasteiger partial charge in [0.1, 0.15) is 0 Å². The molecule has 0 saturated carbocycles. The number of carbonyl (C=O) groups is 2. The summed E-state index contributed by atoms with van der Waals surface area (Å²) in [6.45, 7) is 9.49. The normalized spacial score (nSPS) is 13.2. The number of anilines is 1. The van der Waals surface area contributed by atoms with Crippen LogP contribution in [0.2, 0.25) is 0 Å². The second-order valence-corrected chi connectivity index (χ2v) is 10.0. The van der Waals surface area contributed by atoms with Gasteiger partial charge < -0.3 is 10.2 Å². The fourth-order valence-electron chi connectivity index (χ4n) is 3.78. The van der Waals surface area contributed by atoms with Crippen LogP contribution in [0.4, 0.5) is 5.69 Å². The highest BCUT2D eigenvalue weighted by Crippen LogP contribution is 2.41. The molecule has 4 nitrogen and oxygen atoms in total. The van der Waals surface area contributed by atoms with E-state index < -0.39 is 0 Å². The molecule has 4 rings (SSSR count). The van der Waals surface area contributed by atoms with E-state index in [0.717, 1.165) is 21.0 Å². The Morgan fingerprint density at radius 1 is 0.969 bits per heavy atom. The molecule has 0 atom stereocenters. The van der Waals surface area contributed by atoms with Gasteiger partial charge in [-0.2, -0.15) is 0 Å². The molecule has 1 aliphatic heterocycles. The molecule has 2 amide bonds. The van der Waals surface area contributed by atoms with Gasteiger partial charge in [0.2, 0.25) is 0 Å². The molecule has 0 spiro atoms. The van der Waals surface area contributed by atoms with Crippen LogP contribution in [0.5, 0.6) is 0 Å². The molecule has 32 heavy (non-hydrogen) atoms. The standard InChI is InChI=1S/C27H28N2O2S/c1-5-29-22-16-19(12-15-24(22)32-23-9-7-6-8-21(23)26(29)31)25(30)28-17-18-10-13-20(14-11-18)27(2,3)4/h6-16H,5,17H2,1-4H3,(H,28,30). The van der Waals surface area contributed by atoms with Crippen molar-refractivity contribution >= 4 is 29.3 Å². The van der Waals surface area contributed by atoms with Gasteiger partial charge in [0.15, 0.2) is 0 Å². The molecule has 0 saturated heterocycles. The molecule has 0 radical (unpaired) electrons. The molecule has 1 heterocycles. The minimum absolute atomic E-state index is 0.0363. The van der Waals surface area contributed by atoms with E-state index in [1.54, 1.807) is 16.7 Å². The molecule has 1 N–H and O–H groups in total. The molecule has 5 heteroatoms. The second kappa shape index (κ2) is 8.83. The van der Waals surface area contributed by atoms with Crippen molar-refractivity contribution in [2.24, 2.45) is 0 Å².